The molecule has 0 aliphatic carbocycles. The van der Waals surface area contributed by atoms with Crippen LogP contribution in [0.25, 0.3) is 11.1 Å². The Labute approximate surface area is 187 Å². The maximum atomic E-state index is 13.3. The average molecular weight is 430 g/mol. The second kappa shape index (κ2) is 9.01. The Balaban J connectivity index is 1.38. The van der Waals surface area contributed by atoms with Crippen LogP contribution in [0.5, 0.6) is 0 Å². The summed E-state index contributed by atoms with van der Waals surface area (Å²) in [5, 5.41) is 3.09. The van der Waals surface area contributed by atoms with E-state index in [1.165, 1.54) is 5.69 Å². The maximum Gasteiger partial charge on any atom is 0.253 e. The number of hydrogen-bond acceptors (Lipinski definition) is 4. The lowest BCUT2D eigenvalue weighted by Crippen LogP contribution is -2.36. The number of benzene rings is 2. The van der Waals surface area contributed by atoms with E-state index in [4.69, 9.17) is 4.74 Å². The van der Waals surface area contributed by atoms with Gasteiger partial charge in [-0.25, -0.2) is 0 Å². The van der Waals surface area contributed by atoms with Crippen molar-refractivity contribution < 1.29 is 9.53 Å². The molecular weight excluding hydrogens is 402 g/mol. The van der Waals surface area contributed by atoms with Gasteiger partial charge in [0, 0.05) is 49.2 Å². The number of ether oxygens (including phenoxy) is 1. The molecule has 0 atom stereocenters. The summed E-state index contributed by atoms with van der Waals surface area (Å²) in [4.78, 5) is 28.3. The van der Waals surface area contributed by atoms with E-state index in [0.29, 0.717) is 24.2 Å². The van der Waals surface area contributed by atoms with Crippen molar-refractivity contribution in [2.45, 2.75) is 25.9 Å². The molecule has 2 aliphatic rings. The Kier molecular flexibility index (Phi) is 5.77. The minimum atomic E-state index is -0.133. The summed E-state index contributed by atoms with van der Waals surface area (Å²) in [5.74, 6) is -0.133. The van der Waals surface area contributed by atoms with Crippen LogP contribution in [-0.2, 0) is 24.2 Å². The molecule has 0 bridgehead atoms. The predicted molar refractivity (Wildman–Crippen MR) is 125 cm³/mol. The molecule has 0 spiro atoms. The molecule has 2 aromatic carbocycles. The van der Waals surface area contributed by atoms with Gasteiger partial charge in [-0.15, -0.1) is 0 Å². The number of anilines is 1. The van der Waals surface area contributed by atoms with Gasteiger partial charge in [-0.2, -0.15) is 0 Å². The second-order valence-corrected chi connectivity index (χ2v) is 8.29. The molecule has 0 saturated carbocycles. The van der Waals surface area contributed by atoms with Gasteiger partial charge in [0.15, 0.2) is 0 Å². The lowest BCUT2D eigenvalue weighted by molar-refractivity contribution is 0.0950. The molecule has 0 radical (unpaired) electrons. The van der Waals surface area contributed by atoms with Gasteiger partial charge >= 0.3 is 0 Å². The van der Waals surface area contributed by atoms with Gasteiger partial charge in [0.2, 0.25) is 0 Å². The van der Waals surface area contributed by atoms with E-state index in [9.17, 15) is 9.59 Å². The molecule has 5 rings (SSSR count). The fourth-order valence-corrected chi connectivity index (χ4v) is 4.62. The van der Waals surface area contributed by atoms with Gasteiger partial charge in [0.25, 0.3) is 11.5 Å². The van der Waals surface area contributed by atoms with Gasteiger partial charge in [0.1, 0.15) is 0 Å². The first-order chi connectivity index (χ1) is 15.7. The molecule has 1 fully saturated rings. The fourth-order valence-electron chi connectivity index (χ4n) is 4.62. The highest BCUT2D eigenvalue weighted by molar-refractivity contribution is 6.02. The molecule has 6 nitrogen and oxygen atoms in total. The number of morpholine rings is 1. The highest BCUT2D eigenvalue weighted by atomic mass is 16.5. The largest absolute Gasteiger partial charge is 0.378 e. The molecule has 3 heterocycles. The van der Waals surface area contributed by atoms with Crippen molar-refractivity contribution in [3.63, 3.8) is 0 Å². The number of hydrogen-bond donors (Lipinski definition) is 1. The summed E-state index contributed by atoms with van der Waals surface area (Å²) in [6.07, 6.45) is 1.63. The van der Waals surface area contributed by atoms with E-state index in [0.717, 1.165) is 56.0 Å². The molecule has 1 amide bonds. The first kappa shape index (κ1) is 20.5. The van der Waals surface area contributed by atoms with Crippen molar-refractivity contribution in [1.29, 1.82) is 0 Å². The lowest BCUT2D eigenvalue weighted by Gasteiger charge is -2.28. The third kappa shape index (κ3) is 4.06. The van der Waals surface area contributed by atoms with Gasteiger partial charge in [-0.05, 0) is 36.1 Å². The predicted octanol–water partition coefficient (Wildman–Crippen LogP) is 3.23. The molecule has 2 aliphatic heterocycles. The first-order valence-corrected chi connectivity index (χ1v) is 11.2. The molecule has 164 valence electrons. The SMILES string of the molecule is O=C(NCc1ccc(N2CCOCC2)cc1)c1c(-c2ccccc2)cc(=O)n2c1CCC2. The number of aromatic nitrogens is 1. The number of nitrogens with zero attached hydrogens (tertiary/aromatic N) is 2. The van der Waals surface area contributed by atoms with E-state index < -0.39 is 0 Å². The molecule has 1 saturated heterocycles. The van der Waals surface area contributed by atoms with E-state index in [1.807, 2.05) is 30.3 Å². The average Bonchev–Trinajstić information content (AvgIpc) is 3.34. The number of carbonyl (C=O) groups is 1. The van der Waals surface area contributed by atoms with Crippen molar-refractivity contribution in [2.75, 3.05) is 31.2 Å². The summed E-state index contributed by atoms with van der Waals surface area (Å²) in [6.45, 7) is 4.42. The third-order valence-electron chi connectivity index (χ3n) is 6.29. The molecule has 3 aromatic rings. The standard InChI is InChI=1S/C26H27N3O3/c30-24-17-22(20-5-2-1-3-6-20)25(23-7-4-12-29(23)24)26(31)27-18-19-8-10-21(11-9-19)28-13-15-32-16-14-28/h1-3,5-6,8-11,17H,4,7,12-16,18H2,(H,27,31). The van der Waals surface area contributed by atoms with Gasteiger partial charge in [0.05, 0.1) is 18.8 Å². The van der Waals surface area contributed by atoms with Crippen molar-refractivity contribution in [1.82, 2.24) is 9.88 Å². The molecule has 1 N–H and O–H groups in total. The van der Waals surface area contributed by atoms with Gasteiger partial charge < -0.3 is 19.5 Å². The number of fused-ring (bicyclic) bond motifs is 1. The van der Waals surface area contributed by atoms with Crippen LogP contribution in [-0.4, -0.2) is 36.8 Å². The van der Waals surface area contributed by atoms with Crippen LogP contribution in [0.1, 0.15) is 28.0 Å². The zero-order valence-electron chi connectivity index (χ0n) is 18.0. The van der Waals surface area contributed by atoms with E-state index >= 15 is 0 Å². The smallest absolute Gasteiger partial charge is 0.253 e. The second-order valence-electron chi connectivity index (χ2n) is 8.29. The first-order valence-electron chi connectivity index (χ1n) is 11.2. The normalized spacial score (nSPS) is 15.4. The Morgan fingerprint density at radius 2 is 1.72 bits per heavy atom. The van der Waals surface area contributed by atoms with Crippen LogP contribution in [0.15, 0.2) is 65.5 Å². The van der Waals surface area contributed by atoms with Gasteiger partial charge in [-0.1, -0.05) is 42.5 Å². The number of amides is 1. The van der Waals surface area contributed by atoms with Crippen LogP contribution < -0.4 is 15.8 Å². The van der Waals surface area contributed by atoms with Crippen LogP contribution in [0.4, 0.5) is 5.69 Å². The molecule has 6 heteroatoms. The minimum Gasteiger partial charge on any atom is -0.378 e. The quantitative estimate of drug-likeness (QED) is 0.677. The van der Waals surface area contributed by atoms with Crippen LogP contribution >= 0.6 is 0 Å². The Morgan fingerprint density at radius 1 is 0.969 bits per heavy atom. The molecule has 1 aromatic heterocycles. The number of nitrogens with one attached hydrogen (secondary N) is 1. The molecule has 0 unspecified atom stereocenters. The zero-order valence-corrected chi connectivity index (χ0v) is 18.0. The highest BCUT2D eigenvalue weighted by Crippen LogP contribution is 2.28. The van der Waals surface area contributed by atoms with Crippen molar-refractivity contribution in [3.8, 4) is 11.1 Å². The zero-order chi connectivity index (χ0) is 21.9. The number of carbonyl (C=O) groups excluding carboxylic acids is 1. The van der Waals surface area contributed by atoms with Crippen molar-refractivity contribution in [2.24, 2.45) is 0 Å². The topological polar surface area (TPSA) is 63.6 Å². The highest BCUT2D eigenvalue weighted by Gasteiger charge is 2.25. The van der Waals surface area contributed by atoms with Crippen LogP contribution in [0.2, 0.25) is 0 Å². The van der Waals surface area contributed by atoms with Crippen molar-refractivity contribution >= 4 is 11.6 Å². The van der Waals surface area contributed by atoms with Crippen LogP contribution in [0, 0.1) is 0 Å². The number of pyridine rings is 1. The Morgan fingerprint density at radius 3 is 2.47 bits per heavy atom. The summed E-state index contributed by atoms with van der Waals surface area (Å²) < 4.78 is 7.17. The third-order valence-corrected chi connectivity index (χ3v) is 6.29. The van der Waals surface area contributed by atoms with E-state index in [-0.39, 0.29) is 11.5 Å². The Bertz CT molecular complexity index is 1160. The van der Waals surface area contributed by atoms with Crippen LogP contribution in [0.3, 0.4) is 0 Å². The van der Waals surface area contributed by atoms with Gasteiger partial charge in [-0.3, -0.25) is 9.59 Å². The minimum absolute atomic E-state index is 0.0356. The van der Waals surface area contributed by atoms with E-state index in [2.05, 4.69) is 34.5 Å². The Hall–Kier alpha value is -3.38. The molecule has 32 heavy (non-hydrogen) atoms. The number of rotatable bonds is 5. The lowest BCUT2D eigenvalue weighted by atomic mass is 9.97. The van der Waals surface area contributed by atoms with Crippen molar-refractivity contribution in [3.05, 3.63) is 87.8 Å². The fraction of sp³-hybridized carbons (Fsp3) is 0.308. The molecular formula is C26H27N3O3. The monoisotopic (exact) mass is 429 g/mol. The summed E-state index contributed by atoms with van der Waals surface area (Å²) in [5.41, 5.74) is 5.25. The maximum absolute atomic E-state index is 13.3. The summed E-state index contributed by atoms with van der Waals surface area (Å²) >= 11 is 0. The summed E-state index contributed by atoms with van der Waals surface area (Å²) in [6, 6.07) is 19.6. The van der Waals surface area contributed by atoms with E-state index in [1.54, 1.807) is 10.6 Å². The summed E-state index contributed by atoms with van der Waals surface area (Å²) in [7, 11) is 0.